The second kappa shape index (κ2) is 13.9. The molecule has 4 unspecified atom stereocenters. The number of nitrogens with one attached hydrogen (secondary N) is 2. The average molecular weight is 713 g/mol. The monoisotopic (exact) mass is 711 g/mol. The summed E-state index contributed by atoms with van der Waals surface area (Å²) in [6, 6.07) is 6.65. The molecule has 2 bridgehead atoms. The molecule has 0 amide bonds. The molecule has 4 aromatic rings. The van der Waals surface area contributed by atoms with E-state index in [4.69, 9.17) is 23.2 Å². The van der Waals surface area contributed by atoms with Gasteiger partial charge in [0.2, 0.25) is 10.0 Å². The maximum atomic E-state index is 15.0. The summed E-state index contributed by atoms with van der Waals surface area (Å²) in [5.74, 6) is -2.27. The molecule has 3 aliphatic rings. The van der Waals surface area contributed by atoms with Gasteiger partial charge in [0, 0.05) is 51.0 Å². The van der Waals surface area contributed by atoms with E-state index in [-0.39, 0.29) is 42.3 Å². The van der Waals surface area contributed by atoms with Crippen molar-refractivity contribution >= 4 is 55.0 Å². The van der Waals surface area contributed by atoms with Crippen LogP contribution in [0.2, 0.25) is 10.0 Å². The molecule has 2 aromatic heterocycles. The molecule has 2 aromatic carbocycles. The van der Waals surface area contributed by atoms with E-state index in [1.807, 2.05) is 12.1 Å². The first-order valence-electron chi connectivity index (χ1n) is 16.4. The summed E-state index contributed by atoms with van der Waals surface area (Å²) < 4.78 is 54.9. The Morgan fingerprint density at radius 1 is 0.894 bits per heavy atom. The number of aliphatic hydroxyl groups excluding tert-OH is 2. The van der Waals surface area contributed by atoms with Gasteiger partial charge in [0.1, 0.15) is 6.10 Å². The van der Waals surface area contributed by atoms with E-state index in [2.05, 4.69) is 20.4 Å². The van der Waals surface area contributed by atoms with E-state index in [1.165, 1.54) is 55.6 Å². The number of halogens is 4. The number of benzene rings is 2. The van der Waals surface area contributed by atoms with Crippen LogP contribution in [-0.2, 0) is 10.0 Å². The normalized spacial score (nSPS) is 23.9. The molecule has 4 atom stereocenters. The lowest BCUT2D eigenvalue weighted by molar-refractivity contribution is -0.158. The summed E-state index contributed by atoms with van der Waals surface area (Å²) in [5.41, 5.74) is 2.13. The van der Waals surface area contributed by atoms with Gasteiger partial charge in [-0.15, -0.1) is 0 Å². The van der Waals surface area contributed by atoms with Crippen molar-refractivity contribution in [3.63, 3.8) is 0 Å². The van der Waals surface area contributed by atoms with Crippen LogP contribution in [0.25, 0.3) is 21.8 Å². The number of hydrogen-bond donors (Lipinski definition) is 4. The highest BCUT2D eigenvalue weighted by Crippen LogP contribution is 2.50. The minimum atomic E-state index is -3.43. The van der Waals surface area contributed by atoms with E-state index in [9.17, 15) is 27.4 Å². The smallest absolute Gasteiger partial charge is 0.280 e. The Morgan fingerprint density at radius 2 is 1.43 bits per heavy atom. The molecule has 9 nitrogen and oxygen atoms in total. The van der Waals surface area contributed by atoms with Crippen molar-refractivity contribution in [2.24, 2.45) is 23.7 Å². The molecular formula is C33H41Cl2F2N5O4S. The Hall–Kier alpha value is -2.35. The number of aromatic nitrogens is 4. The van der Waals surface area contributed by atoms with Crippen molar-refractivity contribution in [2.45, 2.75) is 76.4 Å². The molecule has 2 aliphatic carbocycles. The van der Waals surface area contributed by atoms with E-state index >= 15 is 0 Å². The van der Waals surface area contributed by atoms with Crippen LogP contribution < -0.4 is 0 Å². The molecule has 3 fully saturated rings. The van der Waals surface area contributed by atoms with Crippen molar-refractivity contribution < 1.29 is 27.4 Å². The number of fused-ring (bicyclic) bond motifs is 4. The number of hydrogen-bond acceptors (Lipinski definition) is 6. The van der Waals surface area contributed by atoms with Crippen LogP contribution in [0.5, 0.6) is 0 Å². The number of H-pyrrole nitrogens is 2. The highest BCUT2D eigenvalue weighted by Gasteiger charge is 2.49. The van der Waals surface area contributed by atoms with E-state index in [1.54, 1.807) is 12.3 Å². The highest BCUT2D eigenvalue weighted by atomic mass is 35.5. The maximum absolute atomic E-state index is 15.0. The Morgan fingerprint density at radius 3 is 1.98 bits per heavy atom. The molecule has 47 heavy (non-hydrogen) atoms. The summed E-state index contributed by atoms with van der Waals surface area (Å²) >= 11 is 12.2. The van der Waals surface area contributed by atoms with Gasteiger partial charge in [-0.05, 0) is 81.0 Å². The quantitative estimate of drug-likeness (QED) is 0.150. The second-order valence-corrected chi connectivity index (χ2v) is 16.4. The van der Waals surface area contributed by atoms with E-state index in [0.29, 0.717) is 21.8 Å². The van der Waals surface area contributed by atoms with Crippen molar-refractivity contribution in [2.75, 3.05) is 18.8 Å². The van der Waals surface area contributed by atoms with Crippen molar-refractivity contribution in [1.82, 2.24) is 24.7 Å². The molecule has 2 saturated carbocycles. The fourth-order valence-corrected chi connectivity index (χ4v) is 9.68. The third-order valence-corrected chi connectivity index (χ3v) is 12.9. The van der Waals surface area contributed by atoms with E-state index in [0.717, 1.165) is 34.7 Å². The maximum Gasteiger partial charge on any atom is 0.280 e. The first kappa shape index (κ1) is 34.5. The fraction of sp³-hybridized carbons (Fsp3) is 0.576. The minimum Gasteiger partial charge on any atom is -0.388 e. The molecule has 256 valence electrons. The SMILES string of the molecule is CCS(=O)(=O)N1CCC(C(F)(F)C(O)c2cc(Cl)cc3cn[nH]c23)CC1.OC(CC1C2CCCC1CC2)c1cc(Cl)cc2cn[nH]c12. The van der Waals surface area contributed by atoms with Gasteiger partial charge in [0.15, 0.2) is 0 Å². The second-order valence-electron chi connectivity index (χ2n) is 13.3. The molecule has 1 aliphatic heterocycles. The van der Waals surface area contributed by atoms with Crippen LogP contribution in [0.3, 0.4) is 0 Å². The Labute approximate surface area is 283 Å². The number of sulfonamides is 1. The molecular weight excluding hydrogens is 671 g/mol. The lowest BCUT2D eigenvalue weighted by Crippen LogP contribution is -2.45. The van der Waals surface area contributed by atoms with Crippen molar-refractivity contribution in [3.8, 4) is 0 Å². The van der Waals surface area contributed by atoms with Gasteiger partial charge in [0.05, 0.1) is 35.3 Å². The van der Waals surface area contributed by atoms with Gasteiger partial charge >= 0.3 is 0 Å². The lowest BCUT2D eigenvalue weighted by Gasteiger charge is -2.37. The summed E-state index contributed by atoms with van der Waals surface area (Å²) in [6.45, 7) is 1.57. The zero-order valence-electron chi connectivity index (χ0n) is 26.2. The zero-order chi connectivity index (χ0) is 33.5. The van der Waals surface area contributed by atoms with Crippen LogP contribution >= 0.6 is 23.2 Å². The third kappa shape index (κ3) is 7.05. The third-order valence-electron chi connectivity index (χ3n) is 10.6. The van der Waals surface area contributed by atoms with Gasteiger partial charge in [0.25, 0.3) is 5.92 Å². The zero-order valence-corrected chi connectivity index (χ0v) is 28.5. The topological polar surface area (TPSA) is 135 Å². The number of nitrogens with zero attached hydrogens (tertiary/aromatic N) is 3. The molecule has 7 rings (SSSR count). The molecule has 4 N–H and O–H groups in total. The van der Waals surface area contributed by atoms with Crippen LogP contribution in [0, 0.1) is 23.7 Å². The molecule has 0 spiro atoms. The summed E-state index contributed by atoms with van der Waals surface area (Å²) in [4.78, 5) is 0. The Bertz CT molecular complexity index is 1790. The molecule has 1 saturated heterocycles. The van der Waals surface area contributed by atoms with Gasteiger partial charge in [-0.2, -0.15) is 10.2 Å². The van der Waals surface area contributed by atoms with Crippen molar-refractivity contribution in [3.05, 3.63) is 57.8 Å². The van der Waals surface area contributed by atoms with Crippen molar-refractivity contribution in [1.29, 1.82) is 0 Å². The summed E-state index contributed by atoms with van der Waals surface area (Å²) in [7, 11) is -3.39. The van der Waals surface area contributed by atoms with Gasteiger partial charge < -0.3 is 10.2 Å². The number of alkyl halides is 2. The minimum absolute atomic E-state index is 0.0152. The predicted molar refractivity (Wildman–Crippen MR) is 179 cm³/mol. The first-order valence-corrected chi connectivity index (χ1v) is 18.7. The number of piperidine rings is 1. The molecule has 3 heterocycles. The van der Waals surface area contributed by atoms with Gasteiger partial charge in [-0.25, -0.2) is 21.5 Å². The highest BCUT2D eigenvalue weighted by molar-refractivity contribution is 7.89. The molecule has 0 radical (unpaired) electrons. The standard InChI is InChI=1S/C17H21ClN2O.C16H20ClF2N3O3S/c18-13-6-12-9-19-20-17(12)15(7-13)16(21)8-14-10-2-1-3-11(14)5-4-10;1-2-26(24,25)22-5-3-11(4-6-22)16(18,19)15(23)13-8-12(17)7-10-9-20-21-14(10)13/h6-7,9-11,14,16,21H,1-5,8H2,(H,19,20);7-9,11,15,23H,2-6H2,1H3,(H,20,21). The van der Waals surface area contributed by atoms with Crippen LogP contribution in [-0.4, -0.2) is 68.1 Å². The van der Waals surface area contributed by atoms with Gasteiger partial charge in [-0.3, -0.25) is 10.2 Å². The number of aromatic amines is 2. The van der Waals surface area contributed by atoms with Gasteiger partial charge in [-0.1, -0.05) is 42.5 Å². The summed E-state index contributed by atoms with van der Waals surface area (Å²) in [5, 5.41) is 37.1. The number of aliphatic hydroxyl groups is 2. The fourth-order valence-electron chi connectivity index (χ4n) is 8.07. The predicted octanol–water partition coefficient (Wildman–Crippen LogP) is 7.41. The number of rotatable bonds is 8. The Kier molecular flexibility index (Phi) is 10.2. The van der Waals surface area contributed by atoms with Crippen LogP contribution in [0.15, 0.2) is 36.7 Å². The lowest BCUT2D eigenvalue weighted by atomic mass is 9.75. The van der Waals surface area contributed by atoms with E-state index < -0.39 is 34.1 Å². The first-order chi connectivity index (χ1) is 22.4. The van der Waals surface area contributed by atoms with Crippen LogP contribution in [0.4, 0.5) is 8.78 Å². The molecule has 14 heteroatoms. The van der Waals surface area contributed by atoms with Crippen LogP contribution in [0.1, 0.15) is 81.6 Å². The Balaban J connectivity index is 0.000000168. The average Bonchev–Trinajstić information content (AvgIpc) is 3.77. The largest absolute Gasteiger partial charge is 0.388 e. The summed E-state index contributed by atoms with van der Waals surface area (Å²) in [6.07, 6.45) is 8.33.